The Morgan fingerprint density at radius 2 is 1.20 bits per heavy atom. The lowest BCUT2D eigenvalue weighted by Gasteiger charge is -2.19. The first kappa shape index (κ1) is 42.0. The molecule has 0 saturated heterocycles. The van der Waals surface area contributed by atoms with Crippen LogP contribution in [0.5, 0.6) is 0 Å². The van der Waals surface area contributed by atoms with Gasteiger partial charge in [0, 0.05) is 22.8 Å². The van der Waals surface area contributed by atoms with E-state index >= 15 is 0 Å². The van der Waals surface area contributed by atoms with Gasteiger partial charge in [0.1, 0.15) is 5.60 Å². The number of hydrogen-bond acceptors (Lipinski definition) is 8. The Morgan fingerprint density at radius 1 is 0.800 bits per heavy atom. The third-order valence-corrected chi connectivity index (χ3v) is 2.82. The first-order chi connectivity index (χ1) is 15.5. The van der Waals surface area contributed by atoms with Crippen LogP contribution in [-0.4, -0.2) is 49.8 Å². The molecule has 0 radical (unpaired) electrons. The van der Waals surface area contributed by atoms with Crippen LogP contribution in [0.4, 0.5) is 0 Å². The van der Waals surface area contributed by atoms with Crippen LogP contribution in [0.25, 0.3) is 0 Å². The van der Waals surface area contributed by atoms with Gasteiger partial charge >= 0.3 is 23.9 Å². The molecule has 0 aromatic carbocycles. The maximum absolute atomic E-state index is 10.8. The van der Waals surface area contributed by atoms with Crippen LogP contribution in [0.15, 0.2) is 49.1 Å². The predicted molar refractivity (Wildman–Crippen MR) is 142 cm³/mol. The average molecular weight is 501 g/mol. The fraction of sp³-hybridized carbons (Fsp3) is 0.556. The standard InChI is InChI=1S/2C8H14O2.C6H10O2.C4H6O2.CH4/c1-6(2)7(9)10-8(3,4)5;1-4-5-6-10-8(9)7(2)3;1-4-8-6(7)5(2)3;1-3-4(5)6-2;/h1H2,2-5H3;2,4-6H2,1,3H3;2,4H2,1,3H3;3H,1H2,2H3;1H4. The molecule has 8 heteroatoms. The van der Waals surface area contributed by atoms with E-state index in [9.17, 15) is 19.2 Å². The van der Waals surface area contributed by atoms with Crippen LogP contribution in [0, 0.1) is 0 Å². The molecule has 0 spiro atoms. The highest BCUT2D eigenvalue weighted by Crippen LogP contribution is 2.09. The van der Waals surface area contributed by atoms with Gasteiger partial charge in [-0.1, -0.05) is 47.1 Å². The van der Waals surface area contributed by atoms with Crippen LogP contribution in [0.1, 0.15) is 75.7 Å². The van der Waals surface area contributed by atoms with Gasteiger partial charge in [-0.05, 0) is 54.9 Å². The van der Waals surface area contributed by atoms with E-state index in [1.54, 1.807) is 27.7 Å². The highest BCUT2D eigenvalue weighted by molar-refractivity contribution is 5.87. The number of methoxy groups -OCH3 is 1. The van der Waals surface area contributed by atoms with Crippen molar-refractivity contribution in [1.82, 2.24) is 0 Å². The molecule has 0 amide bonds. The van der Waals surface area contributed by atoms with Gasteiger partial charge in [-0.3, -0.25) is 0 Å². The van der Waals surface area contributed by atoms with Gasteiger partial charge in [0.15, 0.2) is 0 Å². The van der Waals surface area contributed by atoms with Gasteiger partial charge in [0.2, 0.25) is 0 Å². The summed E-state index contributed by atoms with van der Waals surface area (Å²) in [5.74, 6) is -1.32. The summed E-state index contributed by atoms with van der Waals surface area (Å²) in [7, 11) is 1.31. The van der Waals surface area contributed by atoms with E-state index in [0.29, 0.717) is 29.9 Å². The Labute approximate surface area is 213 Å². The van der Waals surface area contributed by atoms with Gasteiger partial charge < -0.3 is 18.9 Å². The van der Waals surface area contributed by atoms with Gasteiger partial charge in [0.25, 0.3) is 0 Å². The second kappa shape index (κ2) is 25.5. The Kier molecular flexibility index (Phi) is 30.6. The van der Waals surface area contributed by atoms with Crippen LogP contribution in [-0.2, 0) is 38.1 Å². The number of carbonyl (C=O) groups excluding carboxylic acids is 4. The Bertz CT molecular complexity index is 682. The van der Waals surface area contributed by atoms with Crippen molar-refractivity contribution in [2.24, 2.45) is 0 Å². The Morgan fingerprint density at radius 3 is 1.37 bits per heavy atom. The molecule has 0 fully saturated rings. The number of unbranched alkanes of at least 4 members (excludes halogenated alkanes) is 1. The zero-order valence-corrected chi connectivity index (χ0v) is 22.5. The van der Waals surface area contributed by atoms with Crippen molar-refractivity contribution in [3.8, 4) is 0 Å². The largest absolute Gasteiger partial charge is 0.466 e. The molecular formula is C27H48O8. The monoisotopic (exact) mass is 500 g/mol. The topological polar surface area (TPSA) is 105 Å². The molecule has 0 rings (SSSR count). The smallest absolute Gasteiger partial charge is 0.333 e. The second-order valence-corrected chi connectivity index (χ2v) is 7.78. The van der Waals surface area contributed by atoms with Crippen molar-refractivity contribution in [1.29, 1.82) is 0 Å². The summed E-state index contributed by atoms with van der Waals surface area (Å²) in [6.07, 6.45) is 3.09. The van der Waals surface area contributed by atoms with Crippen molar-refractivity contribution >= 4 is 23.9 Å². The predicted octanol–water partition coefficient (Wildman–Crippen LogP) is 5.92. The third kappa shape index (κ3) is 38.4. The van der Waals surface area contributed by atoms with E-state index in [1.165, 1.54) is 7.11 Å². The minimum absolute atomic E-state index is 0. The minimum Gasteiger partial charge on any atom is -0.466 e. The van der Waals surface area contributed by atoms with Crippen molar-refractivity contribution in [2.75, 3.05) is 20.3 Å². The molecule has 0 atom stereocenters. The average Bonchev–Trinajstić information content (AvgIpc) is 2.73. The zero-order chi connectivity index (χ0) is 27.9. The van der Waals surface area contributed by atoms with Crippen molar-refractivity contribution in [3.63, 3.8) is 0 Å². The van der Waals surface area contributed by atoms with E-state index < -0.39 is 11.6 Å². The molecule has 35 heavy (non-hydrogen) atoms. The number of carbonyl (C=O) groups is 4. The quantitative estimate of drug-likeness (QED) is 0.175. The van der Waals surface area contributed by atoms with Crippen LogP contribution in [0.3, 0.4) is 0 Å². The summed E-state index contributed by atoms with van der Waals surface area (Å²) in [5, 5.41) is 0. The molecule has 0 N–H and O–H groups in total. The van der Waals surface area contributed by atoms with E-state index in [1.807, 2.05) is 20.8 Å². The molecular weight excluding hydrogens is 452 g/mol. The maximum atomic E-state index is 10.8. The number of esters is 4. The number of ether oxygens (including phenoxy) is 4. The SMILES string of the molecule is C.C=C(C)C(=O)OC(C)(C)C.C=C(C)C(=O)OCC.C=C(C)C(=O)OCCCC.C=CC(=O)OC. The summed E-state index contributed by atoms with van der Waals surface area (Å²) >= 11 is 0. The molecule has 0 bridgehead atoms. The third-order valence-electron chi connectivity index (χ3n) is 2.82. The van der Waals surface area contributed by atoms with E-state index in [-0.39, 0.29) is 25.3 Å². The van der Waals surface area contributed by atoms with E-state index in [4.69, 9.17) is 9.47 Å². The molecule has 204 valence electrons. The Hall–Kier alpha value is -3.16. The first-order valence-electron chi connectivity index (χ1n) is 10.7. The Balaban J connectivity index is -0.000000115. The zero-order valence-electron chi connectivity index (χ0n) is 22.5. The van der Waals surface area contributed by atoms with E-state index in [2.05, 4.69) is 42.7 Å². The maximum Gasteiger partial charge on any atom is 0.333 e. The highest BCUT2D eigenvalue weighted by atomic mass is 16.6. The summed E-state index contributed by atoms with van der Waals surface area (Å²) < 4.78 is 18.5. The van der Waals surface area contributed by atoms with Crippen molar-refractivity contribution in [2.45, 2.75) is 81.3 Å². The van der Waals surface area contributed by atoms with Crippen molar-refractivity contribution < 1.29 is 38.1 Å². The minimum atomic E-state index is -0.407. The van der Waals surface area contributed by atoms with Crippen molar-refractivity contribution in [3.05, 3.63) is 49.1 Å². The molecule has 0 heterocycles. The van der Waals surface area contributed by atoms with Gasteiger partial charge in [-0.2, -0.15) is 0 Å². The molecule has 0 aliphatic carbocycles. The number of rotatable bonds is 8. The fourth-order valence-corrected chi connectivity index (χ4v) is 1.14. The van der Waals surface area contributed by atoms with E-state index in [0.717, 1.165) is 18.9 Å². The lowest BCUT2D eigenvalue weighted by atomic mass is 10.2. The molecule has 0 unspecified atom stereocenters. The lowest BCUT2D eigenvalue weighted by molar-refractivity contribution is -0.149. The molecule has 8 nitrogen and oxygen atoms in total. The summed E-state index contributed by atoms with van der Waals surface area (Å²) in [4.78, 5) is 41.8. The van der Waals surface area contributed by atoms with Crippen LogP contribution < -0.4 is 0 Å². The van der Waals surface area contributed by atoms with Gasteiger partial charge in [-0.25, -0.2) is 19.2 Å². The summed E-state index contributed by atoms with van der Waals surface area (Å²) in [6, 6.07) is 0. The van der Waals surface area contributed by atoms with Gasteiger partial charge in [-0.15, -0.1) is 0 Å². The number of hydrogen-bond donors (Lipinski definition) is 0. The fourth-order valence-electron chi connectivity index (χ4n) is 1.14. The van der Waals surface area contributed by atoms with Gasteiger partial charge in [0.05, 0.1) is 20.3 Å². The molecule has 0 aromatic rings. The second-order valence-electron chi connectivity index (χ2n) is 7.78. The molecule has 0 aromatic heterocycles. The summed E-state index contributed by atoms with van der Waals surface area (Å²) in [6.45, 7) is 28.6. The lowest BCUT2D eigenvalue weighted by Crippen LogP contribution is -2.23. The first-order valence-corrected chi connectivity index (χ1v) is 10.7. The van der Waals surface area contributed by atoms with Crippen LogP contribution in [0.2, 0.25) is 0 Å². The molecule has 0 saturated carbocycles. The van der Waals surface area contributed by atoms with Crippen LogP contribution >= 0.6 is 0 Å². The molecule has 0 aliphatic heterocycles. The molecule has 0 aliphatic rings. The normalized spacial score (nSPS) is 8.71. The summed E-state index contributed by atoms with van der Waals surface area (Å²) in [5.41, 5.74) is 0.952. The highest BCUT2D eigenvalue weighted by Gasteiger charge is 2.15.